The van der Waals surface area contributed by atoms with Gasteiger partial charge in [-0.15, -0.1) is 0 Å². The van der Waals surface area contributed by atoms with Crippen molar-refractivity contribution in [1.29, 1.82) is 0 Å². The van der Waals surface area contributed by atoms with Crippen molar-refractivity contribution in [2.45, 2.75) is 17.5 Å². The second-order valence-electron chi connectivity index (χ2n) is 10.6. The van der Waals surface area contributed by atoms with Crippen LogP contribution in [0.1, 0.15) is 31.8 Å². The molecule has 0 bridgehead atoms. The van der Waals surface area contributed by atoms with Crippen molar-refractivity contribution >= 4 is 56.5 Å². The quantitative estimate of drug-likeness (QED) is 0.161. The Morgan fingerprint density at radius 1 is 0.881 bits per heavy atom. The van der Waals surface area contributed by atoms with Gasteiger partial charge in [0.2, 0.25) is 5.91 Å². The normalized spacial score (nSPS) is 23.2. The number of carbonyl (C=O) groups is 3. The predicted molar refractivity (Wildman–Crippen MR) is 162 cm³/mol. The van der Waals surface area contributed by atoms with E-state index in [1.807, 2.05) is 41.3 Å². The van der Waals surface area contributed by atoms with E-state index in [-0.39, 0.29) is 17.0 Å². The molecular formula is C33H22BrN3O5. The Balaban J connectivity index is 1.53. The van der Waals surface area contributed by atoms with Crippen LogP contribution in [0, 0.1) is 16.0 Å². The summed E-state index contributed by atoms with van der Waals surface area (Å²) in [5, 5.41) is 14.6. The van der Waals surface area contributed by atoms with Crippen molar-refractivity contribution in [2.75, 3.05) is 10.2 Å². The van der Waals surface area contributed by atoms with Crippen molar-refractivity contribution in [1.82, 2.24) is 0 Å². The first-order chi connectivity index (χ1) is 20.3. The summed E-state index contributed by atoms with van der Waals surface area (Å²) in [6.45, 7) is 0. The van der Waals surface area contributed by atoms with Crippen LogP contribution in [0.4, 0.5) is 17.1 Å². The van der Waals surface area contributed by atoms with Gasteiger partial charge in [0, 0.05) is 39.1 Å². The van der Waals surface area contributed by atoms with Crippen LogP contribution in [0.25, 0.3) is 6.08 Å². The van der Waals surface area contributed by atoms with Crippen LogP contribution in [0.15, 0.2) is 108 Å². The molecule has 0 aliphatic carbocycles. The highest BCUT2D eigenvalue weighted by Gasteiger charge is 2.71. The van der Waals surface area contributed by atoms with Crippen LogP contribution in [-0.4, -0.2) is 34.5 Å². The van der Waals surface area contributed by atoms with Crippen molar-refractivity contribution < 1.29 is 19.3 Å². The standard InChI is InChI=1S/C33H22BrN3O5/c34-22-15-12-20(13-16-22)30(39)31-33(24-9-2-3-10-25(24)35-32(33)40)28(29(38)21-7-5-8-23(18-21)37(41)42)27-17-14-19-6-1-4-11-26(19)36(27)31/h1-18,27-28,31H,(H,35,40)/t27-,28-,31+,33+/m1/s1. The number of non-ortho nitro benzene ring substituents is 1. The maximum Gasteiger partial charge on any atom is 0.270 e. The molecule has 1 fully saturated rings. The van der Waals surface area contributed by atoms with E-state index in [1.165, 1.54) is 24.3 Å². The van der Waals surface area contributed by atoms with Gasteiger partial charge in [-0.2, -0.15) is 0 Å². The molecule has 0 saturated carbocycles. The molecule has 3 heterocycles. The third-order valence-electron chi connectivity index (χ3n) is 8.55. The highest BCUT2D eigenvalue weighted by atomic mass is 79.9. The molecule has 1 saturated heterocycles. The summed E-state index contributed by atoms with van der Waals surface area (Å²) < 4.78 is 0.798. The van der Waals surface area contributed by atoms with Crippen LogP contribution in [0.5, 0.6) is 0 Å². The molecule has 1 N–H and O–H groups in total. The topological polar surface area (TPSA) is 110 Å². The number of Topliss-reactive ketones (excluding diaryl/α,β-unsaturated/α-hetero) is 2. The highest BCUT2D eigenvalue weighted by Crippen LogP contribution is 2.58. The molecule has 0 aromatic heterocycles. The lowest BCUT2D eigenvalue weighted by Gasteiger charge is -2.37. The SMILES string of the molecule is O=C(c1ccc(Br)cc1)[C@@H]1N2c3ccccc3C=C[C@@H]2[C@H](C(=O)c2cccc([N+](=O)[O-])c2)[C@]12C(=O)Nc1ccccc12. The van der Waals surface area contributed by atoms with Crippen LogP contribution in [0.2, 0.25) is 0 Å². The number of fused-ring (bicyclic) bond motifs is 5. The second-order valence-corrected chi connectivity index (χ2v) is 11.5. The molecule has 42 heavy (non-hydrogen) atoms. The average Bonchev–Trinajstić information content (AvgIpc) is 3.48. The van der Waals surface area contributed by atoms with Crippen molar-refractivity contribution in [3.8, 4) is 0 Å². The lowest BCUT2D eigenvalue weighted by Crippen LogP contribution is -2.55. The fourth-order valence-electron chi connectivity index (χ4n) is 6.86. The smallest absolute Gasteiger partial charge is 0.270 e. The van der Waals surface area contributed by atoms with Crippen molar-refractivity contribution in [2.24, 2.45) is 5.92 Å². The minimum absolute atomic E-state index is 0.106. The number of nitrogens with zero attached hydrogens (tertiary/aromatic N) is 2. The highest BCUT2D eigenvalue weighted by molar-refractivity contribution is 9.10. The number of anilines is 2. The number of nitrogens with one attached hydrogen (secondary N) is 1. The molecule has 206 valence electrons. The summed E-state index contributed by atoms with van der Waals surface area (Å²) in [7, 11) is 0. The first kappa shape index (κ1) is 26.0. The third kappa shape index (κ3) is 3.63. The van der Waals surface area contributed by atoms with E-state index in [2.05, 4.69) is 21.2 Å². The summed E-state index contributed by atoms with van der Waals surface area (Å²) in [6.07, 6.45) is 3.77. The number of halogens is 1. The molecule has 7 rings (SSSR count). The Bertz CT molecular complexity index is 1850. The fraction of sp³-hybridized carbons (Fsp3) is 0.121. The molecule has 3 aliphatic heterocycles. The first-order valence-corrected chi connectivity index (χ1v) is 14.2. The van der Waals surface area contributed by atoms with E-state index in [1.54, 1.807) is 48.5 Å². The van der Waals surface area contributed by atoms with E-state index in [4.69, 9.17) is 0 Å². The van der Waals surface area contributed by atoms with Gasteiger partial charge in [0.05, 0.1) is 16.9 Å². The van der Waals surface area contributed by atoms with E-state index in [0.29, 0.717) is 16.8 Å². The Morgan fingerprint density at radius 2 is 1.62 bits per heavy atom. The zero-order chi connectivity index (χ0) is 29.2. The predicted octanol–water partition coefficient (Wildman–Crippen LogP) is 6.21. The third-order valence-corrected chi connectivity index (χ3v) is 9.08. The minimum Gasteiger partial charge on any atom is -0.352 e. The molecule has 3 aliphatic rings. The van der Waals surface area contributed by atoms with Crippen LogP contribution >= 0.6 is 15.9 Å². The Kier molecular flexibility index (Phi) is 5.95. The number of amides is 1. The van der Waals surface area contributed by atoms with Gasteiger partial charge in [-0.1, -0.05) is 88.7 Å². The zero-order valence-corrected chi connectivity index (χ0v) is 23.5. The fourth-order valence-corrected chi connectivity index (χ4v) is 7.13. The van der Waals surface area contributed by atoms with Crippen molar-refractivity contribution in [3.63, 3.8) is 0 Å². The lowest BCUT2D eigenvalue weighted by molar-refractivity contribution is -0.384. The van der Waals surface area contributed by atoms with Crippen LogP contribution in [0.3, 0.4) is 0 Å². The zero-order valence-electron chi connectivity index (χ0n) is 21.9. The average molecular weight is 620 g/mol. The van der Waals surface area contributed by atoms with Gasteiger partial charge in [0.25, 0.3) is 5.69 Å². The number of para-hydroxylation sites is 2. The van der Waals surface area contributed by atoms with E-state index < -0.39 is 40.0 Å². The number of hydrogen-bond acceptors (Lipinski definition) is 6. The Hall–Kier alpha value is -4.89. The van der Waals surface area contributed by atoms with E-state index >= 15 is 0 Å². The number of rotatable bonds is 5. The number of ketones is 2. The van der Waals surface area contributed by atoms with E-state index in [0.717, 1.165) is 15.7 Å². The summed E-state index contributed by atoms with van der Waals surface area (Å²) in [6, 6.07) is 25.4. The molecule has 4 atom stereocenters. The van der Waals surface area contributed by atoms with E-state index in [9.17, 15) is 24.5 Å². The molecule has 9 heteroatoms. The summed E-state index contributed by atoms with van der Waals surface area (Å²) >= 11 is 3.43. The second kappa shape index (κ2) is 9.60. The first-order valence-electron chi connectivity index (χ1n) is 13.4. The van der Waals surface area contributed by atoms with Gasteiger partial charge < -0.3 is 10.2 Å². The number of nitro groups is 1. The number of nitro benzene ring substituents is 1. The van der Waals surface area contributed by atoms with Gasteiger partial charge in [0.15, 0.2) is 11.6 Å². The van der Waals surface area contributed by atoms with Gasteiger partial charge in [0.1, 0.15) is 11.5 Å². The van der Waals surface area contributed by atoms with Crippen LogP contribution in [-0.2, 0) is 10.2 Å². The molecule has 0 radical (unpaired) electrons. The summed E-state index contributed by atoms with van der Waals surface area (Å²) in [4.78, 5) is 56.8. The van der Waals surface area contributed by atoms with Crippen molar-refractivity contribution in [3.05, 3.63) is 140 Å². The molecule has 4 aromatic carbocycles. The molecule has 8 nitrogen and oxygen atoms in total. The summed E-state index contributed by atoms with van der Waals surface area (Å²) in [5.74, 6) is -2.28. The monoisotopic (exact) mass is 619 g/mol. The summed E-state index contributed by atoms with van der Waals surface area (Å²) in [5.41, 5.74) is 1.31. The van der Waals surface area contributed by atoms with Gasteiger partial charge in [-0.05, 0) is 35.4 Å². The lowest BCUT2D eigenvalue weighted by atomic mass is 9.63. The molecule has 0 unspecified atom stereocenters. The van der Waals surface area contributed by atoms with Crippen LogP contribution < -0.4 is 10.2 Å². The molecule has 1 amide bonds. The Labute approximate surface area is 248 Å². The number of benzene rings is 4. The largest absolute Gasteiger partial charge is 0.352 e. The maximum absolute atomic E-state index is 14.7. The van der Waals surface area contributed by atoms with Gasteiger partial charge in [-0.25, -0.2) is 0 Å². The molecular weight excluding hydrogens is 598 g/mol. The Morgan fingerprint density at radius 3 is 2.40 bits per heavy atom. The number of hydrogen-bond donors (Lipinski definition) is 1. The minimum atomic E-state index is -1.63. The van der Waals surface area contributed by atoms with Gasteiger partial charge >= 0.3 is 0 Å². The molecule has 4 aromatic rings. The van der Waals surface area contributed by atoms with Gasteiger partial charge in [-0.3, -0.25) is 24.5 Å². The maximum atomic E-state index is 14.7. The molecule has 1 spiro atoms. The number of carbonyl (C=O) groups excluding carboxylic acids is 3.